The fraction of sp³-hybridized carbons (Fsp3) is 0.667. The van der Waals surface area contributed by atoms with Crippen molar-refractivity contribution >= 4 is 42.2 Å². The minimum absolute atomic E-state index is 0.0274. The standard InChI is InChI=1S/C15H27N5O6S/c1-7(2)12(20-13(23)9(6-27)18-11(22)5-16)14(24)19-8(15(25)26)3-4-10(17)21/h7-9,12,27H,3-6,16H2,1-2H3,(H2,17,21)(H,18,22)(H,19,24)(H,20,23)(H,25,26). The molecule has 154 valence electrons. The number of nitrogens with one attached hydrogen (secondary N) is 3. The summed E-state index contributed by atoms with van der Waals surface area (Å²) >= 11 is 3.99. The van der Waals surface area contributed by atoms with Gasteiger partial charge in [-0.2, -0.15) is 12.6 Å². The smallest absolute Gasteiger partial charge is 0.326 e. The van der Waals surface area contributed by atoms with Crippen molar-refractivity contribution in [3.05, 3.63) is 0 Å². The Labute approximate surface area is 162 Å². The molecule has 0 radical (unpaired) electrons. The number of rotatable bonds is 12. The van der Waals surface area contributed by atoms with Crippen molar-refractivity contribution in [1.29, 1.82) is 0 Å². The zero-order valence-corrected chi connectivity index (χ0v) is 16.1. The van der Waals surface area contributed by atoms with Crippen molar-refractivity contribution in [2.45, 2.75) is 44.8 Å². The number of hydrogen-bond acceptors (Lipinski definition) is 7. The van der Waals surface area contributed by atoms with E-state index in [-0.39, 0.29) is 31.1 Å². The van der Waals surface area contributed by atoms with Crippen molar-refractivity contribution < 1.29 is 29.1 Å². The maximum Gasteiger partial charge on any atom is 0.326 e. The van der Waals surface area contributed by atoms with E-state index >= 15 is 0 Å². The molecule has 3 atom stereocenters. The average molecular weight is 405 g/mol. The molecule has 0 saturated carbocycles. The third-order valence-corrected chi connectivity index (χ3v) is 3.93. The van der Waals surface area contributed by atoms with Gasteiger partial charge in [0.15, 0.2) is 0 Å². The van der Waals surface area contributed by atoms with Crippen molar-refractivity contribution in [1.82, 2.24) is 16.0 Å². The first-order valence-electron chi connectivity index (χ1n) is 8.25. The number of carboxylic acid groups (broad SMARTS) is 1. The number of nitrogens with two attached hydrogens (primary N) is 2. The molecule has 4 amide bonds. The molecule has 11 nitrogen and oxygen atoms in total. The molecule has 0 aromatic rings. The van der Waals surface area contributed by atoms with Crippen molar-refractivity contribution in [2.24, 2.45) is 17.4 Å². The lowest BCUT2D eigenvalue weighted by molar-refractivity contribution is -0.143. The molecule has 0 aromatic carbocycles. The third-order valence-electron chi connectivity index (χ3n) is 3.56. The highest BCUT2D eigenvalue weighted by Crippen LogP contribution is 2.06. The highest BCUT2D eigenvalue weighted by molar-refractivity contribution is 7.80. The van der Waals surface area contributed by atoms with Crippen LogP contribution >= 0.6 is 12.6 Å². The van der Waals surface area contributed by atoms with E-state index in [1.165, 1.54) is 0 Å². The minimum atomic E-state index is -1.33. The molecule has 8 N–H and O–H groups in total. The molecule has 0 saturated heterocycles. The van der Waals surface area contributed by atoms with E-state index in [0.29, 0.717) is 0 Å². The number of carboxylic acids is 1. The van der Waals surface area contributed by atoms with Gasteiger partial charge < -0.3 is 32.5 Å². The Hall–Kier alpha value is -2.34. The van der Waals surface area contributed by atoms with Crippen LogP contribution in [0.4, 0.5) is 0 Å². The lowest BCUT2D eigenvalue weighted by Crippen LogP contribution is -2.58. The lowest BCUT2D eigenvalue weighted by atomic mass is 10.0. The van der Waals surface area contributed by atoms with Gasteiger partial charge in [-0.05, 0) is 12.3 Å². The van der Waals surface area contributed by atoms with Crippen LogP contribution < -0.4 is 27.4 Å². The highest BCUT2D eigenvalue weighted by atomic mass is 32.1. The van der Waals surface area contributed by atoms with Crippen molar-refractivity contribution in [2.75, 3.05) is 12.3 Å². The molecule has 0 fully saturated rings. The number of amides is 4. The Morgan fingerprint density at radius 2 is 1.59 bits per heavy atom. The van der Waals surface area contributed by atoms with Crippen LogP contribution in [0.25, 0.3) is 0 Å². The summed E-state index contributed by atoms with van der Waals surface area (Å²) in [6, 6.07) is -3.41. The van der Waals surface area contributed by atoms with Crippen LogP contribution in [0.5, 0.6) is 0 Å². The summed E-state index contributed by atoms with van der Waals surface area (Å²) in [4.78, 5) is 58.2. The number of hydrogen-bond donors (Lipinski definition) is 7. The fourth-order valence-corrected chi connectivity index (χ4v) is 2.30. The Bertz CT molecular complexity index is 571. The topological polar surface area (TPSA) is 194 Å². The molecule has 27 heavy (non-hydrogen) atoms. The maximum atomic E-state index is 12.4. The first kappa shape index (κ1) is 24.7. The van der Waals surface area contributed by atoms with Gasteiger partial charge >= 0.3 is 5.97 Å². The van der Waals surface area contributed by atoms with E-state index in [0.717, 1.165) is 0 Å². The van der Waals surface area contributed by atoms with Gasteiger partial charge in [0.05, 0.1) is 6.54 Å². The largest absolute Gasteiger partial charge is 0.480 e. The molecule has 0 aliphatic rings. The molecular formula is C15H27N5O6S. The zero-order chi connectivity index (χ0) is 21.1. The first-order chi connectivity index (χ1) is 12.5. The number of carbonyl (C=O) groups is 5. The van der Waals surface area contributed by atoms with Crippen LogP contribution in [0.1, 0.15) is 26.7 Å². The SMILES string of the molecule is CC(C)C(NC(=O)C(CS)NC(=O)CN)C(=O)NC(CCC(N)=O)C(=O)O. The Kier molecular flexibility index (Phi) is 11.1. The number of aliphatic carboxylic acids is 1. The van der Waals surface area contributed by atoms with Crippen molar-refractivity contribution in [3.63, 3.8) is 0 Å². The van der Waals surface area contributed by atoms with Gasteiger partial charge in [0.25, 0.3) is 0 Å². The summed E-state index contributed by atoms with van der Waals surface area (Å²) in [5.74, 6) is -4.40. The Balaban J connectivity index is 5.10. The fourth-order valence-electron chi connectivity index (χ4n) is 2.04. The molecule has 0 heterocycles. The quantitative estimate of drug-likeness (QED) is 0.172. The number of carbonyl (C=O) groups excluding carboxylic acids is 4. The molecule has 3 unspecified atom stereocenters. The van der Waals surface area contributed by atoms with E-state index in [1.807, 2.05) is 0 Å². The number of thiol groups is 1. The van der Waals surface area contributed by atoms with Gasteiger partial charge in [-0.3, -0.25) is 19.2 Å². The molecule has 0 aromatic heterocycles. The first-order valence-corrected chi connectivity index (χ1v) is 8.88. The van der Waals surface area contributed by atoms with E-state index in [1.54, 1.807) is 13.8 Å². The summed E-state index contributed by atoms with van der Waals surface area (Å²) in [7, 11) is 0. The van der Waals surface area contributed by atoms with Crippen LogP contribution in [0.2, 0.25) is 0 Å². The van der Waals surface area contributed by atoms with E-state index in [4.69, 9.17) is 16.6 Å². The van der Waals surface area contributed by atoms with Crippen LogP contribution in [0, 0.1) is 5.92 Å². The Morgan fingerprint density at radius 1 is 1.00 bits per heavy atom. The lowest BCUT2D eigenvalue weighted by Gasteiger charge is -2.26. The predicted octanol–water partition coefficient (Wildman–Crippen LogP) is -2.66. The maximum absolute atomic E-state index is 12.4. The molecule has 0 bridgehead atoms. The molecule has 12 heteroatoms. The predicted molar refractivity (Wildman–Crippen MR) is 99.6 cm³/mol. The molecule has 0 spiro atoms. The molecular weight excluding hydrogens is 378 g/mol. The van der Waals surface area contributed by atoms with Crippen molar-refractivity contribution in [3.8, 4) is 0 Å². The van der Waals surface area contributed by atoms with E-state index < -0.39 is 47.7 Å². The third kappa shape index (κ3) is 9.24. The Morgan fingerprint density at radius 3 is 2.00 bits per heavy atom. The van der Waals surface area contributed by atoms with E-state index in [9.17, 15) is 24.0 Å². The minimum Gasteiger partial charge on any atom is -0.480 e. The van der Waals surface area contributed by atoms with Gasteiger partial charge in [-0.25, -0.2) is 4.79 Å². The summed E-state index contributed by atoms with van der Waals surface area (Å²) in [6.07, 6.45) is -0.399. The van der Waals surface area contributed by atoms with Gasteiger partial charge in [-0.15, -0.1) is 0 Å². The van der Waals surface area contributed by atoms with Crippen LogP contribution in [0.3, 0.4) is 0 Å². The van der Waals surface area contributed by atoms with Crippen LogP contribution in [-0.4, -0.2) is 65.1 Å². The van der Waals surface area contributed by atoms with Crippen LogP contribution in [0.15, 0.2) is 0 Å². The van der Waals surface area contributed by atoms with Gasteiger partial charge in [0.1, 0.15) is 18.1 Å². The second-order valence-electron chi connectivity index (χ2n) is 6.14. The van der Waals surface area contributed by atoms with Gasteiger partial charge in [-0.1, -0.05) is 13.8 Å². The summed E-state index contributed by atoms with van der Waals surface area (Å²) in [5.41, 5.74) is 10.2. The second kappa shape index (κ2) is 12.1. The summed E-state index contributed by atoms with van der Waals surface area (Å²) in [5, 5.41) is 16.3. The monoisotopic (exact) mass is 405 g/mol. The van der Waals surface area contributed by atoms with Crippen LogP contribution in [-0.2, 0) is 24.0 Å². The summed E-state index contributed by atoms with van der Waals surface area (Å²) in [6.45, 7) is 2.99. The summed E-state index contributed by atoms with van der Waals surface area (Å²) < 4.78 is 0. The highest BCUT2D eigenvalue weighted by Gasteiger charge is 2.30. The van der Waals surface area contributed by atoms with Gasteiger partial charge in [0.2, 0.25) is 23.6 Å². The normalized spacial score (nSPS) is 14.0. The van der Waals surface area contributed by atoms with E-state index in [2.05, 4.69) is 28.6 Å². The second-order valence-corrected chi connectivity index (χ2v) is 6.51. The molecule has 0 aliphatic heterocycles. The molecule has 0 rings (SSSR count). The zero-order valence-electron chi connectivity index (χ0n) is 15.2. The average Bonchev–Trinajstić information content (AvgIpc) is 2.59. The molecule has 0 aliphatic carbocycles. The van der Waals surface area contributed by atoms with Gasteiger partial charge in [0, 0.05) is 12.2 Å². The number of primary amides is 1.